The first kappa shape index (κ1) is 14.6. The van der Waals surface area contributed by atoms with Crippen molar-refractivity contribution < 1.29 is 5.11 Å². The summed E-state index contributed by atoms with van der Waals surface area (Å²) in [5.74, 6) is 0.298. The van der Waals surface area contributed by atoms with Crippen LogP contribution in [0.4, 0.5) is 0 Å². The summed E-state index contributed by atoms with van der Waals surface area (Å²) in [6.45, 7) is 1.79. The summed E-state index contributed by atoms with van der Waals surface area (Å²) in [4.78, 5) is 0. The van der Waals surface area contributed by atoms with E-state index in [1.54, 1.807) is 12.1 Å². The van der Waals surface area contributed by atoms with Gasteiger partial charge in [-0.05, 0) is 42.6 Å². The number of rotatable bonds is 7. The number of nitrogens with one attached hydrogen (secondary N) is 1. The Kier molecular flexibility index (Phi) is 5.59. The van der Waals surface area contributed by atoms with Crippen molar-refractivity contribution in [1.82, 2.24) is 5.32 Å². The van der Waals surface area contributed by atoms with E-state index in [1.807, 2.05) is 30.3 Å². The molecule has 20 heavy (non-hydrogen) atoms. The van der Waals surface area contributed by atoms with Gasteiger partial charge in [-0.1, -0.05) is 42.5 Å². The topological polar surface area (TPSA) is 58.3 Å². The lowest BCUT2D eigenvalue weighted by atomic mass is 10.0. The van der Waals surface area contributed by atoms with Gasteiger partial charge in [0.25, 0.3) is 0 Å². The average Bonchev–Trinajstić information content (AvgIpc) is 2.47. The van der Waals surface area contributed by atoms with Crippen LogP contribution < -0.4 is 11.1 Å². The Morgan fingerprint density at radius 2 is 1.65 bits per heavy atom. The predicted octanol–water partition coefficient (Wildman–Crippen LogP) is 2.44. The number of benzene rings is 2. The van der Waals surface area contributed by atoms with Crippen LogP contribution in [-0.4, -0.2) is 17.7 Å². The van der Waals surface area contributed by atoms with Crippen molar-refractivity contribution in [1.29, 1.82) is 0 Å². The minimum atomic E-state index is 0.141. The molecule has 0 saturated heterocycles. The van der Waals surface area contributed by atoms with Gasteiger partial charge in [0.1, 0.15) is 5.75 Å². The Balaban J connectivity index is 1.65. The molecule has 0 amide bonds. The van der Waals surface area contributed by atoms with Crippen molar-refractivity contribution in [2.45, 2.75) is 25.4 Å². The highest BCUT2D eigenvalue weighted by Gasteiger charge is 2.04. The van der Waals surface area contributed by atoms with Gasteiger partial charge in [-0.2, -0.15) is 0 Å². The fourth-order valence-corrected chi connectivity index (χ4v) is 2.15. The second-order valence-electron chi connectivity index (χ2n) is 5.08. The molecule has 0 aliphatic rings. The highest BCUT2D eigenvalue weighted by Crippen LogP contribution is 2.11. The van der Waals surface area contributed by atoms with Crippen molar-refractivity contribution in [3.05, 3.63) is 65.7 Å². The Morgan fingerprint density at radius 3 is 2.35 bits per heavy atom. The second kappa shape index (κ2) is 7.68. The first-order valence-corrected chi connectivity index (χ1v) is 7.02. The molecular weight excluding hydrogens is 248 g/mol. The largest absolute Gasteiger partial charge is 0.508 e. The lowest BCUT2D eigenvalue weighted by Crippen LogP contribution is -2.28. The molecule has 0 aromatic heterocycles. The highest BCUT2D eigenvalue weighted by molar-refractivity contribution is 5.26. The van der Waals surface area contributed by atoms with E-state index in [9.17, 15) is 5.11 Å². The number of phenolic OH excluding ortho intramolecular Hbond substituents is 1. The van der Waals surface area contributed by atoms with Gasteiger partial charge in [0, 0.05) is 12.6 Å². The molecule has 0 fully saturated rings. The molecule has 0 heterocycles. The molecule has 4 N–H and O–H groups in total. The highest BCUT2D eigenvalue weighted by atomic mass is 16.3. The van der Waals surface area contributed by atoms with Crippen molar-refractivity contribution in [3.63, 3.8) is 0 Å². The third-order valence-electron chi connectivity index (χ3n) is 3.30. The molecule has 0 radical (unpaired) electrons. The molecule has 2 aromatic rings. The fourth-order valence-electron chi connectivity index (χ4n) is 2.15. The van der Waals surface area contributed by atoms with E-state index in [2.05, 4.69) is 17.4 Å². The van der Waals surface area contributed by atoms with Crippen LogP contribution >= 0.6 is 0 Å². The minimum Gasteiger partial charge on any atom is -0.508 e. The van der Waals surface area contributed by atoms with Gasteiger partial charge >= 0.3 is 0 Å². The van der Waals surface area contributed by atoms with E-state index in [4.69, 9.17) is 5.73 Å². The van der Waals surface area contributed by atoms with Gasteiger partial charge < -0.3 is 16.2 Å². The van der Waals surface area contributed by atoms with Gasteiger partial charge in [-0.25, -0.2) is 0 Å². The second-order valence-corrected chi connectivity index (χ2v) is 5.08. The van der Waals surface area contributed by atoms with E-state index < -0.39 is 0 Å². The van der Waals surface area contributed by atoms with Gasteiger partial charge in [0.15, 0.2) is 0 Å². The van der Waals surface area contributed by atoms with Gasteiger partial charge in [0.05, 0.1) is 0 Å². The van der Waals surface area contributed by atoms with Crippen LogP contribution in [0.5, 0.6) is 5.75 Å². The molecule has 2 rings (SSSR count). The molecule has 3 heteroatoms. The van der Waals surface area contributed by atoms with Crippen molar-refractivity contribution in [2.24, 2.45) is 5.73 Å². The molecule has 106 valence electrons. The Bertz CT molecular complexity index is 496. The maximum atomic E-state index is 9.23. The maximum absolute atomic E-state index is 9.23. The van der Waals surface area contributed by atoms with Crippen molar-refractivity contribution in [2.75, 3.05) is 6.54 Å². The third kappa shape index (κ3) is 5.03. The number of hydrogen-bond donors (Lipinski definition) is 3. The van der Waals surface area contributed by atoms with E-state index in [0.717, 1.165) is 25.9 Å². The van der Waals surface area contributed by atoms with Crippen LogP contribution in [0, 0.1) is 0 Å². The van der Waals surface area contributed by atoms with E-state index in [0.29, 0.717) is 5.75 Å². The maximum Gasteiger partial charge on any atom is 0.115 e. The molecule has 0 bridgehead atoms. The number of hydrogen-bond acceptors (Lipinski definition) is 3. The van der Waals surface area contributed by atoms with Crippen LogP contribution in [-0.2, 0) is 13.0 Å². The Morgan fingerprint density at radius 1 is 0.950 bits per heavy atom. The molecule has 2 aromatic carbocycles. The van der Waals surface area contributed by atoms with Crippen LogP contribution in [0.25, 0.3) is 0 Å². The Labute approximate surface area is 120 Å². The lowest BCUT2D eigenvalue weighted by Gasteiger charge is -2.12. The fraction of sp³-hybridized carbons (Fsp3) is 0.294. The van der Waals surface area contributed by atoms with Crippen LogP contribution in [0.2, 0.25) is 0 Å². The standard InChI is InChI=1S/C17H22N2O/c18-16(12-14-6-8-17(20)9-7-14)10-11-19-13-15-4-2-1-3-5-15/h1-9,16,19-20H,10-13,18H2/t16-/m1/s1. The summed E-state index contributed by atoms with van der Waals surface area (Å²) in [7, 11) is 0. The molecule has 0 unspecified atom stereocenters. The average molecular weight is 270 g/mol. The van der Waals surface area contributed by atoms with E-state index in [-0.39, 0.29) is 6.04 Å². The predicted molar refractivity (Wildman–Crippen MR) is 82.6 cm³/mol. The van der Waals surface area contributed by atoms with Crippen LogP contribution in [0.3, 0.4) is 0 Å². The Hall–Kier alpha value is -1.84. The van der Waals surface area contributed by atoms with Gasteiger partial charge in [0.2, 0.25) is 0 Å². The van der Waals surface area contributed by atoms with Crippen molar-refractivity contribution >= 4 is 0 Å². The molecule has 0 saturated carbocycles. The summed E-state index contributed by atoms with van der Waals surface area (Å²) in [6, 6.07) is 17.7. The molecular formula is C17H22N2O. The lowest BCUT2D eigenvalue weighted by molar-refractivity contribution is 0.475. The minimum absolute atomic E-state index is 0.141. The first-order chi connectivity index (χ1) is 9.74. The monoisotopic (exact) mass is 270 g/mol. The van der Waals surface area contributed by atoms with E-state index >= 15 is 0 Å². The summed E-state index contributed by atoms with van der Waals surface area (Å²) < 4.78 is 0. The number of phenols is 1. The summed E-state index contributed by atoms with van der Waals surface area (Å²) in [6.07, 6.45) is 1.78. The third-order valence-corrected chi connectivity index (χ3v) is 3.30. The summed E-state index contributed by atoms with van der Waals surface area (Å²) in [5, 5.41) is 12.6. The van der Waals surface area contributed by atoms with Gasteiger partial charge in [-0.15, -0.1) is 0 Å². The molecule has 0 aliphatic heterocycles. The first-order valence-electron chi connectivity index (χ1n) is 7.02. The normalized spacial score (nSPS) is 12.2. The van der Waals surface area contributed by atoms with E-state index in [1.165, 1.54) is 11.1 Å². The van der Waals surface area contributed by atoms with Crippen LogP contribution in [0.15, 0.2) is 54.6 Å². The summed E-state index contributed by atoms with van der Waals surface area (Å²) >= 11 is 0. The molecule has 0 spiro atoms. The number of nitrogens with two attached hydrogens (primary N) is 1. The quantitative estimate of drug-likeness (QED) is 0.677. The molecule has 3 nitrogen and oxygen atoms in total. The molecule has 1 atom stereocenters. The zero-order valence-corrected chi connectivity index (χ0v) is 11.6. The smallest absolute Gasteiger partial charge is 0.115 e. The van der Waals surface area contributed by atoms with Gasteiger partial charge in [-0.3, -0.25) is 0 Å². The van der Waals surface area contributed by atoms with Crippen molar-refractivity contribution in [3.8, 4) is 5.75 Å². The van der Waals surface area contributed by atoms with Crippen LogP contribution in [0.1, 0.15) is 17.5 Å². The SMILES string of the molecule is N[C@H](CCNCc1ccccc1)Cc1ccc(O)cc1. The zero-order chi connectivity index (χ0) is 14.2. The molecule has 0 aliphatic carbocycles. The summed E-state index contributed by atoms with van der Waals surface area (Å²) in [5.41, 5.74) is 8.58. The zero-order valence-electron chi connectivity index (χ0n) is 11.6. The number of aromatic hydroxyl groups is 1.